The van der Waals surface area contributed by atoms with E-state index in [1.807, 2.05) is 6.92 Å². The van der Waals surface area contributed by atoms with E-state index >= 15 is 0 Å². The fourth-order valence-electron chi connectivity index (χ4n) is 0.214. The predicted molar refractivity (Wildman–Crippen MR) is 32.9 cm³/mol. The van der Waals surface area contributed by atoms with Crippen LogP contribution in [0.3, 0.4) is 0 Å². The fraction of sp³-hybridized carbons (Fsp3) is 0.750. The van der Waals surface area contributed by atoms with Gasteiger partial charge in [-0.1, -0.05) is 11.5 Å². The molecule has 1 atom stereocenters. The molecular formula is C4H10O3P+. The number of carbonyl (C=O) groups is 1. The van der Waals surface area contributed by atoms with Gasteiger partial charge in [0, 0.05) is 6.42 Å². The van der Waals surface area contributed by atoms with E-state index in [-0.39, 0.29) is 0 Å². The molecule has 1 N–H and O–H groups in total. The zero-order valence-corrected chi connectivity index (χ0v) is 5.91. The highest BCUT2D eigenvalue weighted by molar-refractivity contribution is 7.00. The van der Waals surface area contributed by atoms with E-state index < -0.39 is 5.97 Å². The number of carboxylic acid groups (broad SMARTS) is 1. The highest BCUT2D eigenvalue weighted by Gasteiger charge is 1.87. The first-order valence-corrected chi connectivity index (χ1v) is 2.70. The molecule has 4 heteroatoms. The Bertz CT molecular complexity index is 64.3. The van der Waals surface area contributed by atoms with Crippen LogP contribution in [0.2, 0.25) is 0 Å². The van der Waals surface area contributed by atoms with Gasteiger partial charge in [-0.05, 0) is 6.42 Å². The Morgan fingerprint density at radius 2 is 2.00 bits per heavy atom. The molecule has 0 aromatic heterocycles. The molecule has 0 saturated heterocycles. The van der Waals surface area contributed by atoms with Gasteiger partial charge in [0.1, 0.15) is 0 Å². The van der Waals surface area contributed by atoms with Crippen LogP contribution >= 0.6 is 9.12 Å². The molecule has 48 valence electrons. The SMILES string of the molecule is CCCC(=O)O.O=[PH2+]. The highest BCUT2D eigenvalue weighted by atomic mass is 31.0. The van der Waals surface area contributed by atoms with Crippen LogP contribution < -0.4 is 0 Å². The van der Waals surface area contributed by atoms with Gasteiger partial charge in [0.05, 0.1) is 0 Å². The second kappa shape index (κ2) is 9.76. The predicted octanol–water partition coefficient (Wildman–Crippen LogP) is 1.08. The summed E-state index contributed by atoms with van der Waals surface area (Å²) in [6, 6.07) is 0. The molecule has 0 aliphatic heterocycles. The lowest BCUT2D eigenvalue weighted by Gasteiger charge is -1.79. The van der Waals surface area contributed by atoms with Crippen molar-refractivity contribution in [2.24, 2.45) is 0 Å². The Labute approximate surface area is 50.3 Å². The number of hydrogen-bond acceptors (Lipinski definition) is 2. The van der Waals surface area contributed by atoms with Crippen molar-refractivity contribution >= 4 is 15.1 Å². The molecule has 0 radical (unpaired) electrons. The number of aliphatic carboxylic acids is 1. The van der Waals surface area contributed by atoms with Crippen molar-refractivity contribution in [1.29, 1.82) is 0 Å². The zero-order chi connectivity index (χ0) is 6.99. The lowest BCUT2D eigenvalue weighted by atomic mass is 10.4. The van der Waals surface area contributed by atoms with Crippen LogP contribution in [0.25, 0.3) is 0 Å². The molecule has 0 rings (SSSR count). The van der Waals surface area contributed by atoms with E-state index in [0.717, 1.165) is 6.42 Å². The Balaban J connectivity index is 0. The van der Waals surface area contributed by atoms with Crippen molar-refractivity contribution in [2.75, 3.05) is 0 Å². The maximum Gasteiger partial charge on any atom is 0.310 e. The van der Waals surface area contributed by atoms with Gasteiger partial charge >= 0.3 is 15.1 Å². The van der Waals surface area contributed by atoms with E-state index in [1.165, 1.54) is 9.12 Å². The lowest BCUT2D eigenvalue weighted by Crippen LogP contribution is -1.90. The Kier molecular flexibility index (Phi) is 12.8. The normalized spacial score (nSPS) is 6.62. The van der Waals surface area contributed by atoms with Crippen molar-refractivity contribution in [3.8, 4) is 0 Å². The summed E-state index contributed by atoms with van der Waals surface area (Å²) in [6.45, 7) is 1.84. The van der Waals surface area contributed by atoms with Gasteiger partial charge in [-0.25, -0.2) is 0 Å². The van der Waals surface area contributed by atoms with Crippen LogP contribution in [0.4, 0.5) is 0 Å². The molecule has 0 heterocycles. The summed E-state index contributed by atoms with van der Waals surface area (Å²) in [6.07, 6.45) is 1.02. The third-order valence-corrected chi connectivity index (χ3v) is 0.464. The number of rotatable bonds is 2. The molecule has 0 aromatic rings. The van der Waals surface area contributed by atoms with Crippen molar-refractivity contribution in [2.45, 2.75) is 19.8 Å². The van der Waals surface area contributed by atoms with E-state index in [0.29, 0.717) is 6.42 Å². The Morgan fingerprint density at radius 3 is 2.00 bits per heavy atom. The summed E-state index contributed by atoms with van der Waals surface area (Å²) in [5, 5.41) is 7.91. The molecule has 0 bridgehead atoms. The van der Waals surface area contributed by atoms with E-state index in [2.05, 4.69) is 0 Å². The van der Waals surface area contributed by atoms with Gasteiger partial charge < -0.3 is 5.11 Å². The van der Waals surface area contributed by atoms with E-state index in [4.69, 9.17) is 9.67 Å². The molecule has 0 saturated carbocycles. The molecule has 0 spiro atoms. The van der Waals surface area contributed by atoms with Crippen molar-refractivity contribution < 1.29 is 14.5 Å². The second-order valence-electron chi connectivity index (χ2n) is 1.14. The van der Waals surface area contributed by atoms with Crippen molar-refractivity contribution in [1.82, 2.24) is 0 Å². The Morgan fingerprint density at radius 1 is 1.62 bits per heavy atom. The molecule has 8 heavy (non-hydrogen) atoms. The summed E-state index contributed by atoms with van der Waals surface area (Å²) in [4.78, 5) is 9.60. The van der Waals surface area contributed by atoms with Crippen molar-refractivity contribution in [3.05, 3.63) is 0 Å². The summed E-state index contributed by atoms with van der Waals surface area (Å²) >= 11 is 0. The Hall–Kier alpha value is -0.430. The molecule has 0 aliphatic carbocycles. The summed E-state index contributed by atoms with van der Waals surface area (Å²) in [5.41, 5.74) is 0. The van der Waals surface area contributed by atoms with Gasteiger partial charge in [-0.15, -0.1) is 0 Å². The van der Waals surface area contributed by atoms with Crippen molar-refractivity contribution in [3.63, 3.8) is 0 Å². The minimum atomic E-state index is -0.711. The minimum absolute atomic E-state index is 0.292. The molecule has 1 unspecified atom stereocenters. The standard InChI is InChI=1S/C4H8O2.H2OP/c1-2-3-4(5)6;1-2/h2-3H2,1H3,(H,5,6);2H2/q;+1. The first kappa shape index (κ1) is 10.5. The van der Waals surface area contributed by atoms with Gasteiger partial charge in [0.2, 0.25) is 0 Å². The molecule has 3 nitrogen and oxygen atoms in total. The fourth-order valence-corrected chi connectivity index (χ4v) is 0.214. The van der Waals surface area contributed by atoms with Crippen LogP contribution in [0.5, 0.6) is 0 Å². The first-order valence-electron chi connectivity index (χ1n) is 2.22. The quantitative estimate of drug-likeness (QED) is 0.579. The third-order valence-electron chi connectivity index (χ3n) is 0.464. The van der Waals surface area contributed by atoms with Crippen LogP contribution in [0.15, 0.2) is 0 Å². The zero-order valence-electron chi connectivity index (χ0n) is 4.76. The van der Waals surface area contributed by atoms with E-state index in [1.54, 1.807) is 0 Å². The third kappa shape index (κ3) is 17.6. The van der Waals surface area contributed by atoms with Gasteiger partial charge in [-0.3, -0.25) is 4.79 Å². The maximum absolute atomic E-state index is 9.60. The molecular weight excluding hydrogens is 127 g/mol. The molecule has 0 aliphatic rings. The topological polar surface area (TPSA) is 54.4 Å². The average molecular weight is 137 g/mol. The maximum atomic E-state index is 9.60. The van der Waals surface area contributed by atoms with E-state index in [9.17, 15) is 4.79 Å². The second-order valence-corrected chi connectivity index (χ2v) is 1.14. The van der Waals surface area contributed by atoms with Crippen LogP contribution in [-0.4, -0.2) is 11.1 Å². The van der Waals surface area contributed by atoms with Gasteiger partial charge in [-0.2, -0.15) is 0 Å². The summed E-state index contributed by atoms with van der Waals surface area (Å²) in [7, 11) is 1.17. The van der Waals surface area contributed by atoms with Gasteiger partial charge in [0.15, 0.2) is 0 Å². The average Bonchev–Trinajstić information content (AvgIpc) is 1.72. The summed E-state index contributed by atoms with van der Waals surface area (Å²) in [5.74, 6) is -0.711. The molecule has 0 amide bonds. The summed E-state index contributed by atoms with van der Waals surface area (Å²) < 4.78 is 8.17. The molecule has 0 aromatic carbocycles. The monoisotopic (exact) mass is 137 g/mol. The van der Waals surface area contributed by atoms with Crippen LogP contribution in [-0.2, 0) is 9.36 Å². The van der Waals surface area contributed by atoms with Gasteiger partial charge in [0.25, 0.3) is 0 Å². The largest absolute Gasteiger partial charge is 0.481 e. The first-order chi connectivity index (χ1) is 3.77. The number of carboxylic acids is 1. The van der Waals surface area contributed by atoms with Crippen LogP contribution in [0.1, 0.15) is 19.8 Å². The number of hydrogen-bond donors (Lipinski definition) is 1. The minimum Gasteiger partial charge on any atom is -0.481 e. The smallest absolute Gasteiger partial charge is 0.310 e. The molecule has 0 fully saturated rings. The van der Waals surface area contributed by atoms with Crippen LogP contribution in [0, 0.1) is 0 Å². The lowest BCUT2D eigenvalue weighted by molar-refractivity contribution is -0.137. The highest BCUT2D eigenvalue weighted by Crippen LogP contribution is 1.82.